The van der Waals surface area contributed by atoms with Crippen LogP contribution in [0.2, 0.25) is 0 Å². The summed E-state index contributed by atoms with van der Waals surface area (Å²) in [5.74, 6) is -2.68. The van der Waals surface area contributed by atoms with Crippen LogP contribution in [0.3, 0.4) is 0 Å². The minimum atomic E-state index is -0.874. The van der Waals surface area contributed by atoms with E-state index < -0.39 is 23.2 Å². The molecule has 0 radical (unpaired) electrons. The average molecular weight is 331 g/mol. The highest BCUT2D eigenvalue weighted by Gasteiger charge is 2.21. The second-order valence-electron chi connectivity index (χ2n) is 5.51. The number of anilines is 1. The Balaban J connectivity index is 1.80. The molecule has 1 saturated heterocycles. The van der Waals surface area contributed by atoms with Gasteiger partial charge >= 0.3 is 0 Å². The molecular weight excluding hydrogens is 316 g/mol. The Hall–Kier alpha value is -2.83. The van der Waals surface area contributed by atoms with Crippen molar-refractivity contribution in [3.05, 3.63) is 59.4 Å². The zero-order chi connectivity index (χ0) is 17.1. The summed E-state index contributed by atoms with van der Waals surface area (Å²) in [5.41, 5.74) is -0.194. The van der Waals surface area contributed by atoms with E-state index in [2.05, 4.69) is 10.3 Å². The SMILES string of the molecule is O=C(Nc1c(F)cccc1F)c1cncc(C(=O)N2CCCC2)c1. The van der Waals surface area contributed by atoms with Crippen molar-refractivity contribution < 1.29 is 18.4 Å². The van der Waals surface area contributed by atoms with Crippen LogP contribution in [0.15, 0.2) is 36.7 Å². The fourth-order valence-electron chi connectivity index (χ4n) is 2.59. The lowest BCUT2D eigenvalue weighted by Crippen LogP contribution is -2.28. The quantitative estimate of drug-likeness (QED) is 0.941. The second kappa shape index (κ2) is 6.74. The standard InChI is InChI=1S/C17H15F2N3O2/c18-13-4-3-5-14(19)15(13)21-16(23)11-8-12(10-20-9-11)17(24)22-6-1-2-7-22/h3-5,8-10H,1-2,6-7H2,(H,21,23). The number of carbonyl (C=O) groups is 2. The Bertz CT molecular complexity index is 769. The van der Waals surface area contributed by atoms with Gasteiger partial charge in [0.1, 0.15) is 17.3 Å². The highest BCUT2D eigenvalue weighted by Crippen LogP contribution is 2.19. The number of nitrogens with one attached hydrogen (secondary N) is 1. The van der Waals surface area contributed by atoms with Crippen LogP contribution in [0.1, 0.15) is 33.6 Å². The molecule has 24 heavy (non-hydrogen) atoms. The summed E-state index contributed by atoms with van der Waals surface area (Å²) in [6.07, 6.45) is 4.52. The Morgan fingerprint density at radius 2 is 1.67 bits per heavy atom. The first kappa shape index (κ1) is 16.0. The number of likely N-dealkylation sites (tertiary alicyclic amines) is 1. The molecule has 0 unspecified atom stereocenters. The van der Waals surface area contributed by atoms with E-state index in [0.717, 1.165) is 25.0 Å². The van der Waals surface area contributed by atoms with Crippen LogP contribution in [0.25, 0.3) is 0 Å². The number of benzene rings is 1. The molecule has 2 heterocycles. The van der Waals surface area contributed by atoms with Gasteiger partial charge in [0.05, 0.1) is 11.1 Å². The summed E-state index contributed by atoms with van der Waals surface area (Å²) in [4.78, 5) is 30.1. The molecule has 0 bridgehead atoms. The fraction of sp³-hybridized carbons (Fsp3) is 0.235. The molecular formula is C17H15F2N3O2. The lowest BCUT2D eigenvalue weighted by molar-refractivity contribution is 0.0792. The lowest BCUT2D eigenvalue weighted by Gasteiger charge is -2.15. The number of hydrogen-bond donors (Lipinski definition) is 1. The van der Waals surface area contributed by atoms with Crippen molar-refractivity contribution in [2.45, 2.75) is 12.8 Å². The molecule has 0 aliphatic carbocycles. The molecule has 1 fully saturated rings. The average Bonchev–Trinajstić information content (AvgIpc) is 3.12. The number of para-hydroxylation sites is 1. The summed E-state index contributed by atoms with van der Waals surface area (Å²) >= 11 is 0. The third-order valence-electron chi connectivity index (χ3n) is 3.84. The number of rotatable bonds is 3. The number of aromatic nitrogens is 1. The third-order valence-corrected chi connectivity index (χ3v) is 3.84. The molecule has 0 spiro atoms. The Labute approximate surface area is 137 Å². The minimum Gasteiger partial charge on any atom is -0.339 e. The van der Waals surface area contributed by atoms with Crippen molar-refractivity contribution in [3.8, 4) is 0 Å². The number of halogens is 2. The topological polar surface area (TPSA) is 62.3 Å². The van der Waals surface area contributed by atoms with Gasteiger partial charge in [0.2, 0.25) is 0 Å². The van der Waals surface area contributed by atoms with Gasteiger partial charge in [-0.1, -0.05) is 6.07 Å². The van der Waals surface area contributed by atoms with Gasteiger partial charge < -0.3 is 10.2 Å². The molecule has 1 aromatic heterocycles. The first-order valence-corrected chi connectivity index (χ1v) is 7.56. The van der Waals surface area contributed by atoms with Crippen molar-refractivity contribution in [2.75, 3.05) is 18.4 Å². The first-order valence-electron chi connectivity index (χ1n) is 7.56. The highest BCUT2D eigenvalue weighted by molar-refractivity contribution is 6.06. The monoisotopic (exact) mass is 331 g/mol. The van der Waals surface area contributed by atoms with E-state index in [-0.39, 0.29) is 17.0 Å². The zero-order valence-electron chi connectivity index (χ0n) is 12.8. The van der Waals surface area contributed by atoms with E-state index in [1.54, 1.807) is 4.90 Å². The molecule has 1 aliphatic heterocycles. The molecule has 2 aromatic rings. The maximum atomic E-state index is 13.6. The normalized spacial score (nSPS) is 13.8. The molecule has 0 saturated carbocycles. The van der Waals surface area contributed by atoms with Gasteiger partial charge in [-0.15, -0.1) is 0 Å². The Kier molecular flexibility index (Phi) is 4.50. The first-order chi connectivity index (χ1) is 11.6. The smallest absolute Gasteiger partial charge is 0.257 e. The summed E-state index contributed by atoms with van der Waals surface area (Å²) in [5, 5.41) is 2.18. The molecule has 7 heteroatoms. The molecule has 0 atom stereocenters. The maximum Gasteiger partial charge on any atom is 0.257 e. The van der Waals surface area contributed by atoms with Crippen molar-refractivity contribution in [1.29, 1.82) is 0 Å². The molecule has 1 aliphatic rings. The highest BCUT2D eigenvalue weighted by atomic mass is 19.1. The van der Waals surface area contributed by atoms with E-state index in [4.69, 9.17) is 0 Å². The Morgan fingerprint density at radius 1 is 1.04 bits per heavy atom. The van der Waals surface area contributed by atoms with Crippen LogP contribution in [0.4, 0.5) is 14.5 Å². The van der Waals surface area contributed by atoms with E-state index in [9.17, 15) is 18.4 Å². The van der Waals surface area contributed by atoms with Crippen LogP contribution in [-0.4, -0.2) is 34.8 Å². The number of amides is 2. The zero-order valence-corrected chi connectivity index (χ0v) is 12.8. The van der Waals surface area contributed by atoms with Gasteiger partial charge in [0.25, 0.3) is 11.8 Å². The van der Waals surface area contributed by atoms with E-state index in [1.165, 1.54) is 24.5 Å². The molecule has 3 rings (SSSR count). The maximum absolute atomic E-state index is 13.6. The molecule has 1 aromatic carbocycles. The van der Waals surface area contributed by atoms with Gasteiger partial charge in [-0.05, 0) is 31.0 Å². The van der Waals surface area contributed by atoms with Crippen LogP contribution in [0, 0.1) is 11.6 Å². The van der Waals surface area contributed by atoms with Gasteiger partial charge in [-0.25, -0.2) is 8.78 Å². The van der Waals surface area contributed by atoms with Gasteiger partial charge in [-0.2, -0.15) is 0 Å². The van der Waals surface area contributed by atoms with E-state index in [1.807, 2.05) is 0 Å². The number of nitrogens with zero attached hydrogens (tertiary/aromatic N) is 2. The molecule has 1 N–H and O–H groups in total. The largest absolute Gasteiger partial charge is 0.339 e. The second-order valence-corrected chi connectivity index (χ2v) is 5.51. The van der Waals surface area contributed by atoms with Gasteiger partial charge in [0, 0.05) is 25.5 Å². The van der Waals surface area contributed by atoms with E-state index in [0.29, 0.717) is 13.1 Å². The van der Waals surface area contributed by atoms with E-state index >= 15 is 0 Å². The minimum absolute atomic E-state index is 0.0581. The summed E-state index contributed by atoms with van der Waals surface area (Å²) in [7, 11) is 0. The van der Waals surface area contributed by atoms with Crippen molar-refractivity contribution in [3.63, 3.8) is 0 Å². The molecule has 124 valence electrons. The fourth-order valence-corrected chi connectivity index (χ4v) is 2.59. The third kappa shape index (κ3) is 3.24. The Morgan fingerprint density at radius 3 is 2.33 bits per heavy atom. The molecule has 5 nitrogen and oxygen atoms in total. The summed E-state index contributed by atoms with van der Waals surface area (Å²) in [6.45, 7) is 1.35. The number of pyridine rings is 1. The van der Waals surface area contributed by atoms with Crippen LogP contribution >= 0.6 is 0 Å². The number of hydrogen-bond acceptors (Lipinski definition) is 3. The van der Waals surface area contributed by atoms with Gasteiger partial charge in [-0.3, -0.25) is 14.6 Å². The number of carbonyl (C=O) groups excluding carboxylic acids is 2. The summed E-state index contributed by atoms with van der Waals surface area (Å²) < 4.78 is 27.2. The van der Waals surface area contributed by atoms with Crippen molar-refractivity contribution in [1.82, 2.24) is 9.88 Å². The van der Waals surface area contributed by atoms with Crippen molar-refractivity contribution in [2.24, 2.45) is 0 Å². The van der Waals surface area contributed by atoms with Crippen LogP contribution in [0.5, 0.6) is 0 Å². The predicted molar refractivity (Wildman–Crippen MR) is 83.7 cm³/mol. The van der Waals surface area contributed by atoms with Crippen molar-refractivity contribution >= 4 is 17.5 Å². The van der Waals surface area contributed by atoms with Crippen LogP contribution < -0.4 is 5.32 Å². The van der Waals surface area contributed by atoms with Gasteiger partial charge in [0.15, 0.2) is 0 Å². The molecule has 2 amide bonds. The summed E-state index contributed by atoms with van der Waals surface area (Å²) in [6, 6.07) is 4.67. The predicted octanol–water partition coefficient (Wildman–Crippen LogP) is 2.85. The lowest BCUT2D eigenvalue weighted by atomic mass is 10.1. The van der Waals surface area contributed by atoms with Crippen LogP contribution in [-0.2, 0) is 0 Å².